The van der Waals surface area contributed by atoms with E-state index in [1.165, 1.54) is 30.4 Å². The Morgan fingerprint density at radius 3 is 1.74 bits per heavy atom. The van der Waals surface area contributed by atoms with Gasteiger partial charge in [-0.3, -0.25) is 20.4 Å². The Bertz CT molecular complexity index is 722. The van der Waals surface area contributed by atoms with E-state index in [9.17, 15) is 14.0 Å². The third kappa shape index (κ3) is 5.97. The van der Waals surface area contributed by atoms with Crippen molar-refractivity contribution >= 4 is 24.0 Å². The molecule has 0 saturated heterocycles. The van der Waals surface area contributed by atoms with Crippen LogP contribution >= 0.6 is 0 Å². The first-order valence-electron chi connectivity index (χ1n) is 6.90. The first-order chi connectivity index (χ1) is 11.1. The van der Waals surface area contributed by atoms with Gasteiger partial charge in [0.25, 0.3) is 11.8 Å². The smallest absolute Gasteiger partial charge is 0.262 e. The van der Waals surface area contributed by atoms with Crippen molar-refractivity contribution in [1.29, 1.82) is 0 Å². The van der Waals surface area contributed by atoms with Gasteiger partial charge in [-0.1, -0.05) is 42.5 Å². The van der Waals surface area contributed by atoms with Crippen LogP contribution in [0.15, 0.2) is 66.7 Å². The Morgan fingerprint density at radius 2 is 1.22 bits per heavy atom. The van der Waals surface area contributed by atoms with Crippen LogP contribution in [0, 0.1) is 5.82 Å². The molecule has 0 radical (unpaired) electrons. The fourth-order valence-electron chi connectivity index (χ4n) is 1.69. The molecule has 0 atom stereocenters. The Balaban J connectivity index is 1.78. The number of halogens is 1. The number of amides is 2. The topological polar surface area (TPSA) is 58.2 Å². The van der Waals surface area contributed by atoms with Crippen LogP contribution in [-0.2, 0) is 9.59 Å². The third-order valence-corrected chi connectivity index (χ3v) is 2.83. The van der Waals surface area contributed by atoms with Crippen LogP contribution in [0.3, 0.4) is 0 Å². The van der Waals surface area contributed by atoms with Gasteiger partial charge in [0.05, 0.1) is 0 Å². The lowest BCUT2D eigenvalue weighted by Crippen LogP contribution is -2.39. The molecule has 0 heterocycles. The van der Waals surface area contributed by atoms with Crippen molar-refractivity contribution in [2.75, 3.05) is 0 Å². The molecule has 5 heteroatoms. The van der Waals surface area contributed by atoms with Crippen molar-refractivity contribution in [2.45, 2.75) is 0 Å². The van der Waals surface area contributed by atoms with E-state index in [4.69, 9.17) is 0 Å². The summed E-state index contributed by atoms with van der Waals surface area (Å²) < 4.78 is 12.7. The molecule has 0 aliphatic rings. The van der Waals surface area contributed by atoms with Crippen LogP contribution < -0.4 is 10.9 Å². The van der Waals surface area contributed by atoms with E-state index in [2.05, 4.69) is 10.9 Å². The predicted octanol–water partition coefficient (Wildman–Crippen LogP) is 2.70. The lowest BCUT2D eigenvalue weighted by Gasteiger charge is -2.01. The lowest BCUT2D eigenvalue weighted by atomic mass is 10.2. The Hall–Kier alpha value is -3.21. The maximum absolute atomic E-state index is 12.7. The molecule has 0 aromatic heterocycles. The van der Waals surface area contributed by atoms with Gasteiger partial charge in [-0.2, -0.15) is 0 Å². The van der Waals surface area contributed by atoms with Gasteiger partial charge in [-0.25, -0.2) is 4.39 Å². The monoisotopic (exact) mass is 310 g/mol. The summed E-state index contributed by atoms with van der Waals surface area (Å²) in [5.41, 5.74) is 6.07. The van der Waals surface area contributed by atoms with Gasteiger partial charge in [0.15, 0.2) is 0 Å². The highest BCUT2D eigenvalue weighted by Crippen LogP contribution is 2.04. The number of rotatable bonds is 4. The molecule has 2 aromatic carbocycles. The van der Waals surface area contributed by atoms with Gasteiger partial charge >= 0.3 is 0 Å². The zero-order valence-electron chi connectivity index (χ0n) is 12.2. The van der Waals surface area contributed by atoms with Crippen LogP contribution in [0.2, 0.25) is 0 Å². The minimum absolute atomic E-state index is 0.343. The fraction of sp³-hybridized carbons (Fsp3) is 0. The molecular weight excluding hydrogens is 295 g/mol. The van der Waals surface area contributed by atoms with Crippen LogP contribution in [0.25, 0.3) is 12.2 Å². The second kappa shape index (κ2) is 8.29. The number of carbonyl (C=O) groups is 2. The first-order valence-corrected chi connectivity index (χ1v) is 6.90. The van der Waals surface area contributed by atoms with E-state index in [-0.39, 0.29) is 5.82 Å². The molecule has 2 aromatic rings. The van der Waals surface area contributed by atoms with Gasteiger partial charge in [0, 0.05) is 12.2 Å². The predicted molar refractivity (Wildman–Crippen MR) is 87.2 cm³/mol. The summed E-state index contributed by atoms with van der Waals surface area (Å²) in [6.45, 7) is 0. The number of benzene rings is 2. The average molecular weight is 310 g/mol. The molecule has 23 heavy (non-hydrogen) atoms. The second-order valence-electron chi connectivity index (χ2n) is 4.61. The Labute approximate surface area is 133 Å². The Morgan fingerprint density at radius 1 is 0.739 bits per heavy atom. The molecular formula is C18H15FN2O2. The van der Waals surface area contributed by atoms with Crippen LogP contribution in [0.1, 0.15) is 11.1 Å². The fourth-order valence-corrected chi connectivity index (χ4v) is 1.69. The van der Waals surface area contributed by atoms with Gasteiger partial charge in [0.1, 0.15) is 5.82 Å². The molecule has 2 amide bonds. The standard InChI is InChI=1S/C18H15FN2O2/c19-16-10-6-15(7-11-16)9-13-18(23)21-20-17(22)12-8-14-4-2-1-3-5-14/h1-13H,(H,20,22)(H,21,23)/b12-8?,13-9+. The van der Waals surface area contributed by atoms with E-state index in [0.29, 0.717) is 5.56 Å². The molecule has 0 fully saturated rings. The van der Waals surface area contributed by atoms with Gasteiger partial charge in [-0.15, -0.1) is 0 Å². The van der Waals surface area contributed by atoms with Crippen molar-refractivity contribution in [1.82, 2.24) is 10.9 Å². The highest BCUT2D eigenvalue weighted by Gasteiger charge is 1.98. The summed E-state index contributed by atoms with van der Waals surface area (Å²) in [6.07, 6.45) is 5.71. The average Bonchev–Trinajstić information content (AvgIpc) is 2.58. The summed E-state index contributed by atoms with van der Waals surface area (Å²) in [5.74, 6) is -1.28. The molecule has 2 N–H and O–H groups in total. The summed E-state index contributed by atoms with van der Waals surface area (Å²) in [6, 6.07) is 15.0. The lowest BCUT2D eigenvalue weighted by molar-refractivity contribution is -0.123. The molecule has 2 rings (SSSR count). The van der Waals surface area contributed by atoms with Crippen molar-refractivity contribution < 1.29 is 14.0 Å². The number of nitrogens with one attached hydrogen (secondary N) is 2. The van der Waals surface area contributed by atoms with E-state index in [1.54, 1.807) is 18.2 Å². The second-order valence-corrected chi connectivity index (χ2v) is 4.61. The number of hydrogen-bond acceptors (Lipinski definition) is 2. The molecule has 116 valence electrons. The van der Waals surface area contributed by atoms with Crippen LogP contribution in [-0.4, -0.2) is 11.8 Å². The zero-order chi connectivity index (χ0) is 16.5. The summed E-state index contributed by atoms with van der Waals surface area (Å²) in [4.78, 5) is 23.1. The van der Waals surface area contributed by atoms with Crippen LogP contribution in [0.5, 0.6) is 0 Å². The van der Waals surface area contributed by atoms with E-state index in [1.807, 2.05) is 30.3 Å². The number of hydrazine groups is 1. The SMILES string of the molecule is O=C(C=Cc1ccccc1)NNC(=O)/C=C/c1ccc(F)cc1. The largest absolute Gasteiger partial charge is 0.268 e. The molecule has 4 nitrogen and oxygen atoms in total. The third-order valence-electron chi connectivity index (χ3n) is 2.83. The van der Waals surface area contributed by atoms with Gasteiger partial charge in [0.2, 0.25) is 0 Å². The van der Waals surface area contributed by atoms with Crippen molar-refractivity contribution in [3.05, 3.63) is 83.7 Å². The summed E-state index contributed by atoms with van der Waals surface area (Å²) in [5, 5.41) is 0. The molecule has 0 aliphatic heterocycles. The van der Waals surface area contributed by atoms with Gasteiger partial charge < -0.3 is 0 Å². The van der Waals surface area contributed by atoms with Crippen molar-refractivity contribution in [3.8, 4) is 0 Å². The molecule has 0 saturated carbocycles. The summed E-state index contributed by atoms with van der Waals surface area (Å²) in [7, 11) is 0. The summed E-state index contributed by atoms with van der Waals surface area (Å²) >= 11 is 0. The normalized spacial score (nSPS) is 10.8. The van der Waals surface area contributed by atoms with Crippen molar-refractivity contribution in [3.63, 3.8) is 0 Å². The molecule has 0 bridgehead atoms. The maximum Gasteiger partial charge on any atom is 0.262 e. The van der Waals surface area contributed by atoms with E-state index >= 15 is 0 Å². The highest BCUT2D eigenvalue weighted by molar-refractivity contribution is 5.96. The van der Waals surface area contributed by atoms with Gasteiger partial charge in [-0.05, 0) is 35.4 Å². The van der Waals surface area contributed by atoms with E-state index in [0.717, 1.165) is 5.56 Å². The number of carbonyl (C=O) groups excluding carboxylic acids is 2. The highest BCUT2D eigenvalue weighted by atomic mass is 19.1. The first kappa shape index (κ1) is 16.2. The zero-order valence-corrected chi connectivity index (χ0v) is 12.2. The molecule has 0 spiro atoms. The van der Waals surface area contributed by atoms with Crippen LogP contribution in [0.4, 0.5) is 4.39 Å². The quantitative estimate of drug-likeness (QED) is 0.674. The van der Waals surface area contributed by atoms with E-state index < -0.39 is 11.8 Å². The minimum atomic E-state index is -0.490. The maximum atomic E-state index is 12.7. The number of hydrogen-bond donors (Lipinski definition) is 2. The minimum Gasteiger partial charge on any atom is -0.268 e. The molecule has 0 unspecified atom stereocenters. The Kier molecular flexibility index (Phi) is 5.82. The van der Waals surface area contributed by atoms with Crippen molar-refractivity contribution in [2.24, 2.45) is 0 Å². The molecule has 0 aliphatic carbocycles.